The fourth-order valence-corrected chi connectivity index (χ4v) is 3.70. The van der Waals surface area contributed by atoms with Crippen LogP contribution in [0.5, 0.6) is 11.5 Å². The first-order valence-corrected chi connectivity index (χ1v) is 9.86. The van der Waals surface area contributed by atoms with E-state index in [1.807, 2.05) is 0 Å². The van der Waals surface area contributed by atoms with E-state index in [1.54, 1.807) is 13.8 Å². The Bertz CT molecular complexity index is 815. The van der Waals surface area contributed by atoms with Gasteiger partial charge in [0.05, 0.1) is 11.6 Å². The van der Waals surface area contributed by atoms with Crippen LogP contribution < -0.4 is 4.74 Å². The first-order chi connectivity index (χ1) is 13.2. The topological polar surface area (TPSA) is 107 Å². The average Bonchev–Trinajstić information content (AvgIpc) is 2.66. The van der Waals surface area contributed by atoms with E-state index in [0.717, 1.165) is 0 Å². The van der Waals surface area contributed by atoms with Gasteiger partial charge in [0.15, 0.2) is 0 Å². The number of phenolic OH excluding ortho intramolecular Hbond substituents is 1. The van der Waals surface area contributed by atoms with Gasteiger partial charge >= 0.3 is 5.97 Å². The summed E-state index contributed by atoms with van der Waals surface area (Å²) in [4.78, 5) is 48.7. The highest BCUT2D eigenvalue weighted by Gasteiger charge is 2.29. The summed E-state index contributed by atoms with van der Waals surface area (Å²) in [5, 5.41) is 10.4. The number of methoxy groups -OCH3 is 1. The number of ether oxygens (including phenoxy) is 2. The zero-order chi connectivity index (χ0) is 21.0. The number of hydrogen-bond acceptors (Lipinski definition) is 7. The smallest absolute Gasteiger partial charge is 0.342 e. The van der Waals surface area contributed by atoms with Gasteiger partial charge in [-0.05, 0) is 53.6 Å². The van der Waals surface area contributed by atoms with Crippen LogP contribution in [0.15, 0.2) is 10.5 Å². The van der Waals surface area contributed by atoms with Crippen LogP contribution in [0, 0.1) is 5.92 Å². The van der Waals surface area contributed by atoms with Gasteiger partial charge < -0.3 is 14.6 Å². The molecule has 0 bridgehead atoms. The summed E-state index contributed by atoms with van der Waals surface area (Å²) in [5.74, 6) is -3.31. The minimum atomic E-state index is -0.985. The highest BCUT2D eigenvalue weighted by molar-refractivity contribution is 9.10. The van der Waals surface area contributed by atoms with Gasteiger partial charge in [-0.15, -0.1) is 0 Å². The molecule has 8 heteroatoms. The van der Waals surface area contributed by atoms with E-state index in [9.17, 15) is 24.3 Å². The van der Waals surface area contributed by atoms with Gasteiger partial charge in [-0.1, -0.05) is 6.92 Å². The highest BCUT2D eigenvalue weighted by atomic mass is 79.9. The van der Waals surface area contributed by atoms with Gasteiger partial charge in [-0.2, -0.15) is 0 Å². The van der Waals surface area contributed by atoms with Gasteiger partial charge in [0.2, 0.25) is 11.6 Å². The Morgan fingerprint density at radius 1 is 1.11 bits per heavy atom. The van der Waals surface area contributed by atoms with Gasteiger partial charge in [-0.3, -0.25) is 14.4 Å². The number of carbonyl (C=O) groups is 4. The van der Waals surface area contributed by atoms with Crippen LogP contribution >= 0.6 is 15.9 Å². The summed E-state index contributed by atoms with van der Waals surface area (Å²) >= 11 is 3.37. The first-order valence-electron chi connectivity index (χ1n) is 9.07. The molecule has 1 aliphatic rings. The van der Waals surface area contributed by atoms with Crippen LogP contribution in [-0.2, 0) is 25.5 Å². The third-order valence-electron chi connectivity index (χ3n) is 4.99. The van der Waals surface area contributed by atoms with Crippen molar-refractivity contribution in [2.45, 2.75) is 52.1 Å². The van der Waals surface area contributed by atoms with Crippen molar-refractivity contribution in [2.75, 3.05) is 7.11 Å². The fourth-order valence-electron chi connectivity index (χ4n) is 3.03. The molecule has 0 saturated carbocycles. The molecule has 1 heterocycles. The molecule has 1 aromatic carbocycles. The van der Waals surface area contributed by atoms with Crippen LogP contribution in [0.3, 0.4) is 0 Å². The number of benzene rings is 1. The van der Waals surface area contributed by atoms with Crippen molar-refractivity contribution in [3.05, 3.63) is 21.7 Å². The van der Waals surface area contributed by atoms with Crippen molar-refractivity contribution in [2.24, 2.45) is 5.92 Å². The fraction of sp³-hybridized carbons (Fsp3) is 0.500. The van der Waals surface area contributed by atoms with E-state index in [1.165, 1.54) is 13.2 Å². The Morgan fingerprint density at radius 3 is 2.39 bits per heavy atom. The van der Waals surface area contributed by atoms with Crippen molar-refractivity contribution in [3.63, 3.8) is 0 Å². The maximum atomic E-state index is 12.8. The van der Waals surface area contributed by atoms with E-state index in [2.05, 4.69) is 15.9 Å². The second kappa shape index (κ2) is 9.32. The van der Waals surface area contributed by atoms with Crippen molar-refractivity contribution in [3.8, 4) is 11.5 Å². The Balaban J connectivity index is 2.47. The predicted molar refractivity (Wildman–Crippen MR) is 104 cm³/mol. The van der Waals surface area contributed by atoms with E-state index in [4.69, 9.17) is 9.47 Å². The lowest BCUT2D eigenvalue weighted by molar-refractivity contribution is -0.144. The van der Waals surface area contributed by atoms with Crippen molar-refractivity contribution < 1.29 is 33.8 Å². The first kappa shape index (κ1) is 22.1. The summed E-state index contributed by atoms with van der Waals surface area (Å²) in [6.07, 6.45) is -0.0324. The van der Waals surface area contributed by atoms with Crippen LogP contribution in [-0.4, -0.2) is 41.6 Å². The van der Waals surface area contributed by atoms with E-state index < -0.39 is 29.4 Å². The number of phenols is 1. The maximum Gasteiger partial charge on any atom is 0.342 e. The molecule has 0 unspecified atom stereocenters. The predicted octanol–water partition coefficient (Wildman–Crippen LogP) is 3.17. The Morgan fingerprint density at radius 2 is 1.75 bits per heavy atom. The summed E-state index contributed by atoms with van der Waals surface area (Å²) < 4.78 is 11.2. The molecule has 7 nitrogen and oxygen atoms in total. The Kier molecular flexibility index (Phi) is 7.35. The molecule has 152 valence electrons. The molecule has 0 amide bonds. The minimum Gasteiger partial charge on any atom is -0.507 e. The molecule has 1 N–H and O–H groups in total. The van der Waals surface area contributed by atoms with Gasteiger partial charge in [0.25, 0.3) is 5.78 Å². The van der Waals surface area contributed by atoms with E-state index >= 15 is 0 Å². The van der Waals surface area contributed by atoms with Crippen LogP contribution in [0.4, 0.5) is 0 Å². The molecule has 0 fully saturated rings. The normalized spacial score (nSPS) is 22.3. The van der Waals surface area contributed by atoms with Crippen molar-refractivity contribution in [1.29, 1.82) is 0 Å². The lowest BCUT2D eigenvalue weighted by Crippen LogP contribution is -2.27. The van der Waals surface area contributed by atoms with E-state index in [-0.39, 0.29) is 42.9 Å². The lowest BCUT2D eigenvalue weighted by Gasteiger charge is -2.22. The lowest BCUT2D eigenvalue weighted by atomic mass is 9.94. The number of fused-ring (bicyclic) bond motifs is 1. The zero-order valence-corrected chi connectivity index (χ0v) is 17.6. The second-order valence-corrected chi connectivity index (χ2v) is 7.71. The molecule has 0 spiro atoms. The molecule has 1 aliphatic heterocycles. The second-order valence-electron chi connectivity index (χ2n) is 6.92. The number of hydrogen-bond donors (Lipinski definition) is 1. The Labute approximate surface area is 171 Å². The van der Waals surface area contributed by atoms with Crippen LogP contribution in [0.1, 0.15) is 55.5 Å². The molecule has 0 aliphatic carbocycles. The molecule has 2 rings (SSSR count). The molecule has 28 heavy (non-hydrogen) atoms. The van der Waals surface area contributed by atoms with Crippen LogP contribution in [0.25, 0.3) is 0 Å². The van der Waals surface area contributed by atoms with E-state index in [0.29, 0.717) is 22.2 Å². The summed E-state index contributed by atoms with van der Waals surface area (Å²) in [6.45, 7) is 3.47. The standard InChI is InChI=1S/C20H23BrO7/c1-10-7-8-14(23)19(25)13(22)6-4-5-12-17(20(26)28-11(10)2)15(24)9-16(27-3)18(12)21/h9-11,24H,4-8H2,1-3H3/t10-,11-/m0/s1. The van der Waals surface area contributed by atoms with Crippen LogP contribution in [0.2, 0.25) is 0 Å². The van der Waals surface area contributed by atoms with Gasteiger partial charge in [0, 0.05) is 18.9 Å². The molecule has 1 aromatic rings. The molecule has 2 atom stereocenters. The number of cyclic esters (lactones) is 1. The third kappa shape index (κ3) is 4.79. The molecular weight excluding hydrogens is 432 g/mol. The number of rotatable bonds is 1. The summed E-state index contributed by atoms with van der Waals surface area (Å²) in [5.41, 5.74) is 0.420. The molecule has 0 saturated heterocycles. The molecular formula is C20H23BrO7. The molecule has 0 radical (unpaired) electrons. The Hall–Kier alpha value is -2.22. The number of halogens is 1. The SMILES string of the molecule is COc1cc(O)c2c(c1Br)CCCC(=O)C(=O)C(=O)CC[C@H](C)[C@H](C)OC2=O. The number of carbonyl (C=O) groups excluding carboxylic acids is 4. The maximum absolute atomic E-state index is 12.8. The minimum absolute atomic E-state index is 0.00126. The monoisotopic (exact) mass is 454 g/mol. The zero-order valence-electron chi connectivity index (χ0n) is 16.0. The number of ketones is 3. The number of Topliss-reactive ketones (excluding diaryl/α,β-unsaturated/α-hetero) is 3. The largest absolute Gasteiger partial charge is 0.507 e. The number of aromatic hydroxyl groups is 1. The average molecular weight is 455 g/mol. The number of esters is 1. The molecule has 0 aromatic heterocycles. The summed E-state index contributed by atoms with van der Waals surface area (Å²) in [6, 6.07) is 1.31. The van der Waals surface area contributed by atoms with Crippen molar-refractivity contribution in [1.82, 2.24) is 0 Å². The summed E-state index contributed by atoms with van der Waals surface area (Å²) in [7, 11) is 1.42. The highest BCUT2D eigenvalue weighted by Crippen LogP contribution is 2.38. The van der Waals surface area contributed by atoms with Gasteiger partial charge in [-0.25, -0.2) is 4.79 Å². The quantitative estimate of drug-likeness (QED) is 0.512. The van der Waals surface area contributed by atoms with Crippen molar-refractivity contribution >= 4 is 39.2 Å². The third-order valence-corrected chi connectivity index (χ3v) is 5.86. The van der Waals surface area contributed by atoms with Gasteiger partial charge in [0.1, 0.15) is 23.2 Å².